The molecule has 0 spiro atoms. The normalized spacial score (nSPS) is 10.4. The van der Waals surface area contributed by atoms with Crippen LogP contribution in [0.4, 0.5) is 4.39 Å². The van der Waals surface area contributed by atoms with E-state index in [1.165, 1.54) is 12.1 Å². The van der Waals surface area contributed by atoms with Crippen LogP contribution in [-0.4, -0.2) is 0 Å². The Bertz CT molecular complexity index is 545. The minimum atomic E-state index is -0.277. The zero-order valence-corrected chi connectivity index (χ0v) is 10.5. The number of hydrogen-bond donors (Lipinski definition) is 1. The molecule has 94 valence electrons. The van der Waals surface area contributed by atoms with E-state index in [0.717, 1.165) is 11.1 Å². The maximum Gasteiger partial charge on any atom is 0.125 e. The van der Waals surface area contributed by atoms with Crippen LogP contribution >= 0.6 is 11.6 Å². The maximum atomic E-state index is 13.0. The molecule has 0 fully saturated rings. The lowest BCUT2D eigenvalue weighted by Crippen LogP contribution is -2.02. The minimum Gasteiger partial charge on any atom is -0.489 e. The first-order valence-corrected chi connectivity index (χ1v) is 5.92. The smallest absolute Gasteiger partial charge is 0.125 e. The van der Waals surface area contributed by atoms with Crippen LogP contribution in [0.1, 0.15) is 11.1 Å². The van der Waals surface area contributed by atoms with Gasteiger partial charge < -0.3 is 10.5 Å². The highest BCUT2D eigenvalue weighted by Crippen LogP contribution is 2.24. The highest BCUT2D eigenvalue weighted by Gasteiger charge is 2.04. The molecule has 0 aliphatic carbocycles. The number of ether oxygens (including phenoxy) is 1. The number of nitrogens with two attached hydrogens (primary N) is 1. The molecule has 2 aromatic carbocycles. The largest absolute Gasteiger partial charge is 0.489 e. The molecular formula is C14H13ClFNO. The topological polar surface area (TPSA) is 35.2 Å². The zero-order valence-electron chi connectivity index (χ0n) is 9.70. The molecule has 0 amide bonds. The Balaban J connectivity index is 2.12. The lowest BCUT2D eigenvalue weighted by atomic mass is 10.2. The predicted octanol–water partition coefficient (Wildman–Crippen LogP) is 3.52. The maximum absolute atomic E-state index is 13.0. The Labute approximate surface area is 110 Å². The molecule has 2 rings (SSSR count). The molecule has 0 bridgehead atoms. The van der Waals surface area contributed by atoms with Gasteiger partial charge in [0.1, 0.15) is 18.2 Å². The van der Waals surface area contributed by atoms with Gasteiger partial charge in [0.05, 0.1) is 0 Å². The summed E-state index contributed by atoms with van der Waals surface area (Å²) in [5.74, 6) is 0.357. The fourth-order valence-corrected chi connectivity index (χ4v) is 1.78. The first-order chi connectivity index (χ1) is 8.69. The van der Waals surface area contributed by atoms with Crippen LogP contribution in [0.3, 0.4) is 0 Å². The van der Waals surface area contributed by atoms with E-state index in [2.05, 4.69) is 0 Å². The van der Waals surface area contributed by atoms with Crippen LogP contribution in [0.5, 0.6) is 5.75 Å². The van der Waals surface area contributed by atoms with E-state index >= 15 is 0 Å². The van der Waals surface area contributed by atoms with Crippen LogP contribution in [-0.2, 0) is 13.2 Å². The quantitative estimate of drug-likeness (QED) is 0.918. The SMILES string of the molecule is NCc1ccc(Cl)cc1OCc1cccc(F)c1. The first kappa shape index (κ1) is 12.9. The third kappa shape index (κ3) is 3.22. The standard InChI is InChI=1S/C14H13ClFNO/c15-12-5-4-11(8-17)14(7-12)18-9-10-2-1-3-13(16)6-10/h1-7H,8-9,17H2. The highest BCUT2D eigenvalue weighted by atomic mass is 35.5. The summed E-state index contributed by atoms with van der Waals surface area (Å²) in [7, 11) is 0. The van der Waals surface area contributed by atoms with Crippen molar-refractivity contribution in [3.63, 3.8) is 0 Å². The summed E-state index contributed by atoms with van der Waals surface area (Å²) >= 11 is 5.90. The Morgan fingerprint density at radius 2 is 2.00 bits per heavy atom. The molecule has 2 N–H and O–H groups in total. The molecule has 0 saturated heterocycles. The van der Waals surface area contributed by atoms with Crippen molar-refractivity contribution in [2.75, 3.05) is 0 Å². The van der Waals surface area contributed by atoms with E-state index in [1.807, 2.05) is 6.07 Å². The molecule has 0 aromatic heterocycles. The van der Waals surface area contributed by atoms with Gasteiger partial charge in [-0.1, -0.05) is 29.8 Å². The van der Waals surface area contributed by atoms with Crippen LogP contribution in [0.15, 0.2) is 42.5 Å². The lowest BCUT2D eigenvalue weighted by Gasteiger charge is -2.11. The predicted molar refractivity (Wildman–Crippen MR) is 70.1 cm³/mol. The van der Waals surface area contributed by atoms with Crippen molar-refractivity contribution in [1.29, 1.82) is 0 Å². The molecule has 0 aliphatic heterocycles. The minimum absolute atomic E-state index is 0.277. The molecule has 0 radical (unpaired) electrons. The second-order valence-electron chi connectivity index (χ2n) is 3.87. The molecule has 18 heavy (non-hydrogen) atoms. The van der Waals surface area contributed by atoms with Gasteiger partial charge in [-0.15, -0.1) is 0 Å². The third-order valence-electron chi connectivity index (χ3n) is 2.53. The van der Waals surface area contributed by atoms with Crippen LogP contribution in [0.25, 0.3) is 0 Å². The molecule has 0 unspecified atom stereocenters. The van der Waals surface area contributed by atoms with Gasteiger partial charge in [0.2, 0.25) is 0 Å². The van der Waals surface area contributed by atoms with Crippen molar-refractivity contribution in [3.05, 3.63) is 64.4 Å². The molecule has 0 atom stereocenters. The Morgan fingerprint density at radius 1 is 1.17 bits per heavy atom. The second kappa shape index (κ2) is 5.85. The van der Waals surface area contributed by atoms with Gasteiger partial charge in [-0.3, -0.25) is 0 Å². The highest BCUT2D eigenvalue weighted by molar-refractivity contribution is 6.30. The second-order valence-corrected chi connectivity index (χ2v) is 4.31. The Kier molecular flexibility index (Phi) is 4.18. The van der Waals surface area contributed by atoms with E-state index in [1.54, 1.807) is 24.3 Å². The summed E-state index contributed by atoms with van der Waals surface area (Å²) in [6.07, 6.45) is 0. The van der Waals surface area contributed by atoms with Gasteiger partial charge >= 0.3 is 0 Å². The Hall–Kier alpha value is -1.58. The van der Waals surface area contributed by atoms with E-state index < -0.39 is 0 Å². The van der Waals surface area contributed by atoms with E-state index in [9.17, 15) is 4.39 Å². The number of hydrogen-bond acceptors (Lipinski definition) is 2. The summed E-state index contributed by atoms with van der Waals surface area (Å²) in [4.78, 5) is 0. The van der Waals surface area contributed by atoms with Crippen molar-refractivity contribution in [2.45, 2.75) is 13.2 Å². The fourth-order valence-electron chi connectivity index (χ4n) is 1.62. The van der Waals surface area contributed by atoms with E-state index in [0.29, 0.717) is 17.3 Å². The van der Waals surface area contributed by atoms with E-state index in [-0.39, 0.29) is 12.4 Å². The molecule has 0 heterocycles. The van der Waals surface area contributed by atoms with Gasteiger partial charge in [-0.25, -0.2) is 4.39 Å². The third-order valence-corrected chi connectivity index (χ3v) is 2.77. The zero-order chi connectivity index (χ0) is 13.0. The van der Waals surface area contributed by atoms with Crippen molar-refractivity contribution in [3.8, 4) is 5.75 Å². The molecule has 2 nitrogen and oxygen atoms in total. The van der Waals surface area contributed by atoms with Crippen molar-refractivity contribution in [2.24, 2.45) is 5.73 Å². The monoisotopic (exact) mass is 265 g/mol. The first-order valence-electron chi connectivity index (χ1n) is 5.55. The van der Waals surface area contributed by atoms with Gasteiger partial charge in [0, 0.05) is 17.1 Å². The van der Waals surface area contributed by atoms with Crippen molar-refractivity contribution in [1.82, 2.24) is 0 Å². The summed E-state index contributed by atoms with van der Waals surface area (Å²) in [6, 6.07) is 11.6. The molecule has 0 aliphatic rings. The molecular weight excluding hydrogens is 253 g/mol. The van der Waals surface area contributed by atoms with Crippen LogP contribution in [0.2, 0.25) is 5.02 Å². The number of benzene rings is 2. The summed E-state index contributed by atoms with van der Waals surface area (Å²) < 4.78 is 18.6. The molecule has 0 saturated carbocycles. The van der Waals surface area contributed by atoms with Gasteiger partial charge in [0.15, 0.2) is 0 Å². The van der Waals surface area contributed by atoms with Gasteiger partial charge in [-0.05, 0) is 29.8 Å². The van der Waals surface area contributed by atoms with Crippen molar-refractivity contribution >= 4 is 11.6 Å². The van der Waals surface area contributed by atoms with Crippen LogP contribution < -0.4 is 10.5 Å². The number of halogens is 2. The van der Waals surface area contributed by atoms with Crippen molar-refractivity contribution < 1.29 is 9.13 Å². The van der Waals surface area contributed by atoms with Gasteiger partial charge in [-0.2, -0.15) is 0 Å². The summed E-state index contributed by atoms with van der Waals surface area (Å²) in [6.45, 7) is 0.654. The average Bonchev–Trinajstić information content (AvgIpc) is 2.37. The summed E-state index contributed by atoms with van der Waals surface area (Å²) in [5, 5.41) is 0.585. The molecule has 2 aromatic rings. The van der Waals surface area contributed by atoms with E-state index in [4.69, 9.17) is 22.1 Å². The number of rotatable bonds is 4. The lowest BCUT2D eigenvalue weighted by molar-refractivity contribution is 0.302. The van der Waals surface area contributed by atoms with Crippen LogP contribution in [0, 0.1) is 5.82 Å². The summed E-state index contributed by atoms with van der Waals surface area (Å²) in [5.41, 5.74) is 7.24. The molecule has 4 heteroatoms. The van der Waals surface area contributed by atoms with Gasteiger partial charge in [0.25, 0.3) is 0 Å². The average molecular weight is 266 g/mol. The fraction of sp³-hybridized carbons (Fsp3) is 0.143. The Morgan fingerprint density at radius 3 is 2.72 bits per heavy atom.